The van der Waals surface area contributed by atoms with Crippen LogP contribution in [0.2, 0.25) is 5.02 Å². The average Bonchev–Trinajstić information content (AvgIpc) is 3.99. The van der Waals surface area contributed by atoms with Crippen LogP contribution in [0.3, 0.4) is 0 Å². The molecule has 318 valence electrons. The quantitative estimate of drug-likeness (QED) is 0.132. The summed E-state index contributed by atoms with van der Waals surface area (Å²) in [5.41, 5.74) is 2.98. The van der Waals surface area contributed by atoms with Crippen molar-refractivity contribution in [3.63, 3.8) is 0 Å². The molecule has 2 aliphatic heterocycles. The third kappa shape index (κ3) is 10.9. The first-order valence-electron chi connectivity index (χ1n) is 20.0. The molecule has 2 heterocycles. The number of aryl methyl sites for hydroxylation is 2. The molecule has 14 heteroatoms. The van der Waals surface area contributed by atoms with Crippen LogP contribution in [-0.4, -0.2) is 98.8 Å². The van der Waals surface area contributed by atoms with Crippen molar-refractivity contribution < 1.29 is 33.3 Å². The van der Waals surface area contributed by atoms with Crippen LogP contribution in [0.15, 0.2) is 72.3 Å². The predicted octanol–water partition coefficient (Wildman–Crippen LogP) is 10.4. The maximum Gasteiger partial charge on any atom is 0.411 e. The highest BCUT2D eigenvalue weighted by Crippen LogP contribution is 2.44. The van der Waals surface area contributed by atoms with Crippen LogP contribution in [0.5, 0.6) is 11.5 Å². The number of hydrogen-bond donors (Lipinski definition) is 0. The van der Waals surface area contributed by atoms with Crippen molar-refractivity contribution >= 4 is 70.1 Å². The zero-order valence-corrected chi connectivity index (χ0v) is 37.7. The molecule has 1 saturated carbocycles. The summed E-state index contributed by atoms with van der Waals surface area (Å²) in [4.78, 5) is 48.3. The van der Waals surface area contributed by atoms with Gasteiger partial charge in [0.1, 0.15) is 30.3 Å². The van der Waals surface area contributed by atoms with Crippen LogP contribution in [0.1, 0.15) is 76.1 Å². The summed E-state index contributed by atoms with van der Waals surface area (Å²) in [6.45, 7) is 13.6. The third-order valence-electron chi connectivity index (χ3n) is 10.9. The summed E-state index contributed by atoms with van der Waals surface area (Å²) in [6.07, 6.45) is 1.34. The minimum Gasteiger partial charge on any atom is -0.490 e. The summed E-state index contributed by atoms with van der Waals surface area (Å²) < 4.78 is 21.8. The van der Waals surface area contributed by atoms with E-state index in [4.69, 9.17) is 65.4 Å². The van der Waals surface area contributed by atoms with E-state index in [9.17, 15) is 9.59 Å². The number of halogens is 4. The van der Waals surface area contributed by atoms with Crippen molar-refractivity contribution in [2.45, 2.75) is 107 Å². The number of fused-ring (bicyclic) bond motifs is 2. The van der Waals surface area contributed by atoms with Crippen molar-refractivity contribution in [1.82, 2.24) is 14.7 Å². The van der Waals surface area contributed by atoms with Crippen LogP contribution in [-0.2, 0) is 20.7 Å². The average molecular weight is 890 g/mol. The first kappa shape index (κ1) is 44.7. The number of rotatable bonds is 12. The Balaban J connectivity index is 1.34. The third-order valence-corrected chi connectivity index (χ3v) is 12.5. The summed E-state index contributed by atoms with van der Waals surface area (Å²) in [6, 6.07) is 19.9. The zero-order chi connectivity index (χ0) is 42.9. The number of hydrogen-bond acceptors (Lipinski definition) is 7. The SMILES string of the molecule is Cc1cc(Cl)c(OCCOc2ccc(C3=C(C(=O)N(CCc4ccccc4)C4CC4)C4CN(C(=O)OC(C)(C)C)CC(C3)N4C(=O)OC(C)(C)C(Cl)(Cl)Cl)cc2)cc1C. The van der Waals surface area contributed by atoms with E-state index in [1.165, 1.54) is 13.8 Å². The van der Waals surface area contributed by atoms with Gasteiger partial charge in [-0.05, 0) is 126 Å². The van der Waals surface area contributed by atoms with Gasteiger partial charge in [-0.1, -0.05) is 88.9 Å². The van der Waals surface area contributed by atoms with Crippen LogP contribution < -0.4 is 9.47 Å². The Hall–Kier alpha value is -3.83. The van der Waals surface area contributed by atoms with Crippen molar-refractivity contribution in [1.29, 1.82) is 0 Å². The number of nitrogens with zero attached hydrogens (tertiary/aromatic N) is 3. The second-order valence-corrected chi connectivity index (χ2v) is 19.7. The molecule has 2 bridgehead atoms. The molecule has 3 aliphatic rings. The number of amides is 3. The highest BCUT2D eigenvalue weighted by atomic mass is 35.6. The van der Waals surface area contributed by atoms with E-state index in [0.717, 1.165) is 40.7 Å². The number of alkyl halides is 3. The van der Waals surface area contributed by atoms with Crippen molar-refractivity contribution in [3.05, 3.63) is 99.6 Å². The largest absolute Gasteiger partial charge is 0.490 e. The molecule has 0 aromatic heterocycles. The number of benzene rings is 3. The Bertz CT molecular complexity index is 2040. The first-order valence-corrected chi connectivity index (χ1v) is 21.5. The second-order valence-electron chi connectivity index (χ2n) is 17.0. The fourth-order valence-corrected chi connectivity index (χ4v) is 7.74. The van der Waals surface area contributed by atoms with Gasteiger partial charge in [-0.25, -0.2) is 9.59 Å². The van der Waals surface area contributed by atoms with Crippen LogP contribution in [0.4, 0.5) is 9.59 Å². The molecule has 3 amide bonds. The minimum absolute atomic E-state index is 0.0117. The molecule has 3 aromatic rings. The first-order chi connectivity index (χ1) is 27.7. The van der Waals surface area contributed by atoms with E-state index < -0.39 is 39.3 Å². The van der Waals surface area contributed by atoms with Crippen LogP contribution in [0, 0.1) is 13.8 Å². The molecule has 10 nitrogen and oxygen atoms in total. The molecule has 2 atom stereocenters. The smallest absolute Gasteiger partial charge is 0.411 e. The molecule has 1 saturated heterocycles. The van der Waals surface area contributed by atoms with Crippen LogP contribution in [0.25, 0.3) is 5.57 Å². The Kier molecular flexibility index (Phi) is 13.7. The van der Waals surface area contributed by atoms with Gasteiger partial charge in [0, 0.05) is 31.2 Å². The van der Waals surface area contributed by atoms with E-state index in [0.29, 0.717) is 35.1 Å². The van der Waals surface area contributed by atoms with Crippen molar-refractivity contribution in [2.24, 2.45) is 0 Å². The lowest BCUT2D eigenvalue weighted by Gasteiger charge is -2.51. The van der Waals surface area contributed by atoms with Gasteiger partial charge in [-0.15, -0.1) is 0 Å². The topological polar surface area (TPSA) is 97.9 Å². The Morgan fingerprint density at radius 1 is 0.814 bits per heavy atom. The number of carbonyl (C=O) groups excluding carboxylic acids is 3. The molecule has 6 rings (SSSR count). The van der Waals surface area contributed by atoms with E-state index >= 15 is 4.79 Å². The Morgan fingerprint density at radius 2 is 1.46 bits per heavy atom. The Labute approximate surface area is 367 Å². The summed E-state index contributed by atoms with van der Waals surface area (Å²) in [5.74, 6) is 1.02. The summed E-state index contributed by atoms with van der Waals surface area (Å²) in [7, 11) is 0. The van der Waals surface area contributed by atoms with Gasteiger partial charge in [0.25, 0.3) is 5.91 Å². The molecule has 3 aromatic carbocycles. The molecule has 2 fully saturated rings. The maximum atomic E-state index is 15.3. The van der Waals surface area contributed by atoms with Gasteiger partial charge in [-0.3, -0.25) is 9.69 Å². The number of carbonyl (C=O) groups is 3. The maximum absolute atomic E-state index is 15.3. The lowest BCUT2D eigenvalue weighted by molar-refractivity contribution is -0.129. The summed E-state index contributed by atoms with van der Waals surface area (Å²) in [5, 5.41) is 0.545. The highest BCUT2D eigenvalue weighted by molar-refractivity contribution is 6.68. The molecule has 0 N–H and O–H groups in total. The van der Waals surface area contributed by atoms with Gasteiger partial charge < -0.3 is 28.7 Å². The predicted molar refractivity (Wildman–Crippen MR) is 233 cm³/mol. The molecule has 2 unspecified atom stereocenters. The minimum atomic E-state index is -1.95. The second kappa shape index (κ2) is 18.0. The van der Waals surface area contributed by atoms with Gasteiger partial charge in [0.15, 0.2) is 5.60 Å². The normalized spacial score (nSPS) is 18.4. The Morgan fingerprint density at radius 3 is 2.08 bits per heavy atom. The van der Waals surface area contributed by atoms with Crippen molar-refractivity contribution in [3.8, 4) is 11.5 Å². The zero-order valence-electron chi connectivity index (χ0n) is 34.7. The van der Waals surface area contributed by atoms with E-state index in [2.05, 4.69) is 0 Å². The van der Waals surface area contributed by atoms with Gasteiger partial charge in [0.2, 0.25) is 3.79 Å². The summed E-state index contributed by atoms with van der Waals surface area (Å²) >= 11 is 25.2. The molecule has 0 spiro atoms. The van der Waals surface area contributed by atoms with E-state index in [1.54, 1.807) is 30.6 Å². The van der Waals surface area contributed by atoms with Crippen molar-refractivity contribution in [2.75, 3.05) is 32.8 Å². The monoisotopic (exact) mass is 887 g/mol. The molecule has 0 radical (unpaired) electrons. The molecular formula is C45H53Cl4N3O7. The van der Waals surface area contributed by atoms with E-state index in [1.807, 2.05) is 85.5 Å². The molecule has 1 aliphatic carbocycles. The van der Waals surface area contributed by atoms with E-state index in [-0.39, 0.29) is 44.7 Å². The van der Waals surface area contributed by atoms with Gasteiger partial charge >= 0.3 is 12.2 Å². The number of ether oxygens (including phenoxy) is 4. The number of piperazine rings is 1. The molecular weight excluding hydrogens is 836 g/mol. The fraction of sp³-hybridized carbons (Fsp3) is 0.489. The fourth-order valence-electron chi connectivity index (χ4n) is 7.35. The van der Waals surface area contributed by atoms with Gasteiger partial charge in [-0.2, -0.15) is 0 Å². The standard InChI is InChI=1S/C45H53Cl4N3O7/c1-28-23-36(46)38(24-29(28)2)57-22-21-56-34-17-13-31(14-18-34)35-25-33-26-50(41(54)58-43(3,4)5)27-37(52(33)42(55)59-44(6,7)45(47,48)49)39(35)40(53)51(32-15-16-32)20-19-30-11-9-8-10-12-30/h8-14,17-18,23-24,32-33,37H,15-16,19-22,25-27H2,1-7H3. The lowest BCUT2D eigenvalue weighted by atomic mass is 9.81. The molecule has 59 heavy (non-hydrogen) atoms. The van der Waals surface area contributed by atoms with Gasteiger partial charge in [0.05, 0.1) is 17.1 Å². The lowest BCUT2D eigenvalue weighted by Crippen LogP contribution is -2.66. The highest BCUT2D eigenvalue weighted by Gasteiger charge is 2.52. The van der Waals surface area contributed by atoms with Crippen LogP contribution >= 0.6 is 46.4 Å².